The maximum atomic E-state index is 12.3. The van der Waals surface area contributed by atoms with Gasteiger partial charge >= 0.3 is 0 Å². The molecule has 0 radical (unpaired) electrons. The molecule has 0 bridgehead atoms. The standard InChI is InChI=1S/C17H27N3O.2ClH/c1-4-12-20(3)15-9-7-14(8-10-15)17(21)19-16-6-5-11-18-13(16)2;;/h7-10,13,16,18H,4-6,11-12H2,1-3H3,(H,19,21);2*1H. The summed E-state index contributed by atoms with van der Waals surface area (Å²) in [5.74, 6) is 0.0280. The molecule has 6 heteroatoms. The van der Waals surface area contributed by atoms with E-state index in [2.05, 4.69) is 36.4 Å². The van der Waals surface area contributed by atoms with Gasteiger partial charge in [0.25, 0.3) is 5.91 Å². The number of amides is 1. The van der Waals surface area contributed by atoms with Crippen molar-refractivity contribution in [2.45, 2.75) is 45.2 Å². The number of carbonyl (C=O) groups is 1. The van der Waals surface area contributed by atoms with Crippen molar-refractivity contribution in [2.75, 3.05) is 25.0 Å². The number of carbonyl (C=O) groups excluding carboxylic acids is 1. The Morgan fingerprint density at radius 1 is 1.30 bits per heavy atom. The van der Waals surface area contributed by atoms with Crippen LogP contribution in [0.4, 0.5) is 5.69 Å². The zero-order valence-corrected chi connectivity index (χ0v) is 15.8. The van der Waals surface area contributed by atoms with Crippen LogP contribution >= 0.6 is 24.8 Å². The van der Waals surface area contributed by atoms with Crippen LogP contribution in [0.25, 0.3) is 0 Å². The number of piperidine rings is 1. The summed E-state index contributed by atoms with van der Waals surface area (Å²) in [4.78, 5) is 14.5. The summed E-state index contributed by atoms with van der Waals surface area (Å²) in [6, 6.07) is 8.45. The lowest BCUT2D eigenvalue weighted by atomic mass is 9.99. The molecule has 1 aliphatic rings. The van der Waals surface area contributed by atoms with Gasteiger partial charge in [0.05, 0.1) is 0 Å². The second-order valence-corrected chi connectivity index (χ2v) is 5.93. The summed E-state index contributed by atoms with van der Waals surface area (Å²) in [5.41, 5.74) is 1.89. The molecule has 1 amide bonds. The minimum atomic E-state index is 0. The van der Waals surface area contributed by atoms with E-state index in [1.807, 2.05) is 24.3 Å². The molecule has 23 heavy (non-hydrogen) atoms. The number of nitrogens with one attached hydrogen (secondary N) is 2. The Bertz CT molecular complexity index is 467. The van der Waals surface area contributed by atoms with E-state index >= 15 is 0 Å². The van der Waals surface area contributed by atoms with E-state index < -0.39 is 0 Å². The Labute approximate surface area is 152 Å². The molecule has 0 aromatic heterocycles. The fourth-order valence-electron chi connectivity index (χ4n) is 2.82. The maximum absolute atomic E-state index is 12.3. The van der Waals surface area contributed by atoms with Gasteiger partial charge < -0.3 is 15.5 Å². The van der Waals surface area contributed by atoms with Crippen LogP contribution in [0, 0.1) is 0 Å². The van der Waals surface area contributed by atoms with Crippen LogP contribution in [0.2, 0.25) is 0 Å². The predicted molar refractivity (Wildman–Crippen MR) is 102 cm³/mol. The summed E-state index contributed by atoms with van der Waals surface area (Å²) < 4.78 is 0. The Morgan fingerprint density at radius 3 is 2.52 bits per heavy atom. The van der Waals surface area contributed by atoms with Crippen molar-refractivity contribution in [3.8, 4) is 0 Å². The third kappa shape index (κ3) is 6.21. The molecule has 0 spiro atoms. The van der Waals surface area contributed by atoms with E-state index in [1.54, 1.807) is 0 Å². The van der Waals surface area contributed by atoms with Gasteiger partial charge in [-0.25, -0.2) is 0 Å². The lowest BCUT2D eigenvalue weighted by molar-refractivity contribution is 0.0920. The zero-order valence-electron chi connectivity index (χ0n) is 14.2. The van der Waals surface area contributed by atoms with Crippen LogP contribution in [-0.2, 0) is 0 Å². The van der Waals surface area contributed by atoms with E-state index in [0.717, 1.165) is 43.6 Å². The summed E-state index contributed by atoms with van der Waals surface area (Å²) >= 11 is 0. The topological polar surface area (TPSA) is 44.4 Å². The molecule has 1 heterocycles. The fourth-order valence-corrected chi connectivity index (χ4v) is 2.82. The number of rotatable bonds is 5. The van der Waals surface area contributed by atoms with Crippen molar-refractivity contribution in [2.24, 2.45) is 0 Å². The van der Waals surface area contributed by atoms with Crippen molar-refractivity contribution >= 4 is 36.4 Å². The molecule has 1 fully saturated rings. The van der Waals surface area contributed by atoms with Crippen LogP contribution in [0.15, 0.2) is 24.3 Å². The monoisotopic (exact) mass is 361 g/mol. The number of hydrogen-bond acceptors (Lipinski definition) is 3. The molecule has 1 aliphatic heterocycles. The van der Waals surface area contributed by atoms with E-state index in [1.165, 1.54) is 0 Å². The van der Waals surface area contributed by atoms with Gasteiger partial charge in [-0.15, -0.1) is 24.8 Å². The molecule has 2 unspecified atom stereocenters. The number of hydrogen-bond donors (Lipinski definition) is 2. The number of benzene rings is 1. The summed E-state index contributed by atoms with van der Waals surface area (Å²) in [5, 5.41) is 6.55. The highest BCUT2D eigenvalue weighted by Gasteiger charge is 2.22. The van der Waals surface area contributed by atoms with Crippen LogP contribution in [0.1, 0.15) is 43.5 Å². The smallest absolute Gasteiger partial charge is 0.251 e. The SMILES string of the molecule is CCCN(C)c1ccc(C(=O)NC2CCCNC2C)cc1.Cl.Cl. The number of nitrogens with zero attached hydrogens (tertiary/aromatic N) is 1. The third-order valence-corrected chi connectivity index (χ3v) is 4.21. The molecule has 1 saturated heterocycles. The zero-order chi connectivity index (χ0) is 15.2. The molecule has 132 valence electrons. The first-order valence-electron chi connectivity index (χ1n) is 7.97. The lowest BCUT2D eigenvalue weighted by Gasteiger charge is -2.30. The molecule has 0 saturated carbocycles. The van der Waals surface area contributed by atoms with Gasteiger partial charge in [0.2, 0.25) is 0 Å². The Kier molecular flexibility index (Phi) is 10.3. The Morgan fingerprint density at radius 2 is 1.96 bits per heavy atom. The summed E-state index contributed by atoms with van der Waals surface area (Å²) in [7, 11) is 2.08. The molecule has 1 aromatic rings. The van der Waals surface area contributed by atoms with Crippen molar-refractivity contribution in [3.05, 3.63) is 29.8 Å². The maximum Gasteiger partial charge on any atom is 0.251 e. The van der Waals surface area contributed by atoms with Crippen LogP contribution in [0.3, 0.4) is 0 Å². The van der Waals surface area contributed by atoms with Crippen molar-refractivity contribution in [1.29, 1.82) is 0 Å². The third-order valence-electron chi connectivity index (χ3n) is 4.21. The van der Waals surface area contributed by atoms with Crippen LogP contribution < -0.4 is 15.5 Å². The molecule has 2 N–H and O–H groups in total. The first-order chi connectivity index (χ1) is 10.1. The highest BCUT2D eigenvalue weighted by Crippen LogP contribution is 2.15. The van der Waals surface area contributed by atoms with Crippen molar-refractivity contribution < 1.29 is 4.79 Å². The number of anilines is 1. The number of halogens is 2. The molecule has 2 atom stereocenters. The lowest BCUT2D eigenvalue weighted by Crippen LogP contribution is -2.51. The van der Waals surface area contributed by atoms with Gasteiger partial charge in [0, 0.05) is 36.9 Å². The highest BCUT2D eigenvalue weighted by molar-refractivity contribution is 5.94. The van der Waals surface area contributed by atoms with Crippen LogP contribution in [0.5, 0.6) is 0 Å². The molecule has 0 aliphatic carbocycles. The fraction of sp³-hybridized carbons (Fsp3) is 0.588. The van der Waals surface area contributed by atoms with Crippen molar-refractivity contribution in [3.63, 3.8) is 0 Å². The average molecular weight is 362 g/mol. The van der Waals surface area contributed by atoms with E-state index in [-0.39, 0.29) is 36.8 Å². The second kappa shape index (κ2) is 10.7. The minimum Gasteiger partial charge on any atom is -0.375 e. The largest absolute Gasteiger partial charge is 0.375 e. The van der Waals surface area contributed by atoms with Gasteiger partial charge in [-0.05, 0) is 57.0 Å². The van der Waals surface area contributed by atoms with E-state index in [4.69, 9.17) is 0 Å². The van der Waals surface area contributed by atoms with Crippen LogP contribution in [-0.4, -0.2) is 38.1 Å². The van der Waals surface area contributed by atoms with E-state index in [9.17, 15) is 4.79 Å². The quantitative estimate of drug-likeness (QED) is 0.845. The first-order valence-corrected chi connectivity index (χ1v) is 7.97. The first kappa shape index (κ1) is 22.0. The summed E-state index contributed by atoms with van der Waals surface area (Å²) in [6.45, 7) is 6.37. The Balaban J connectivity index is 0.00000242. The summed E-state index contributed by atoms with van der Waals surface area (Å²) in [6.07, 6.45) is 3.29. The normalized spacial score (nSPS) is 20.0. The molecule has 4 nitrogen and oxygen atoms in total. The van der Waals surface area contributed by atoms with Gasteiger partial charge in [-0.2, -0.15) is 0 Å². The van der Waals surface area contributed by atoms with Gasteiger partial charge in [0.1, 0.15) is 0 Å². The van der Waals surface area contributed by atoms with E-state index in [0.29, 0.717) is 6.04 Å². The molecule has 2 rings (SSSR count). The average Bonchev–Trinajstić information content (AvgIpc) is 2.50. The predicted octanol–water partition coefficient (Wildman–Crippen LogP) is 3.25. The van der Waals surface area contributed by atoms with Gasteiger partial charge in [0.15, 0.2) is 0 Å². The Hall–Kier alpha value is -0.970. The highest BCUT2D eigenvalue weighted by atomic mass is 35.5. The molecular weight excluding hydrogens is 333 g/mol. The van der Waals surface area contributed by atoms with Gasteiger partial charge in [-0.3, -0.25) is 4.79 Å². The molecular formula is C17H29Cl2N3O. The van der Waals surface area contributed by atoms with Gasteiger partial charge in [-0.1, -0.05) is 6.92 Å². The van der Waals surface area contributed by atoms with Crippen molar-refractivity contribution in [1.82, 2.24) is 10.6 Å². The molecule has 1 aromatic carbocycles. The minimum absolute atomic E-state index is 0. The second-order valence-electron chi connectivity index (χ2n) is 5.93.